The van der Waals surface area contributed by atoms with Gasteiger partial charge in [-0.2, -0.15) is 0 Å². The summed E-state index contributed by atoms with van der Waals surface area (Å²) in [6.45, 7) is 15.2. The molecule has 0 amide bonds. The van der Waals surface area contributed by atoms with Gasteiger partial charge in [0.15, 0.2) is 0 Å². The first-order chi connectivity index (χ1) is 7.92. The zero-order valence-corrected chi connectivity index (χ0v) is 10.7. The third-order valence-electron chi connectivity index (χ3n) is 2.48. The first-order valence-corrected chi connectivity index (χ1v) is 5.68. The van der Waals surface area contributed by atoms with Gasteiger partial charge in [-0.25, -0.2) is 0 Å². The van der Waals surface area contributed by atoms with E-state index in [1.54, 1.807) is 12.2 Å². The molecule has 0 aliphatic heterocycles. The number of allylic oxidation sites excluding steroid dienone is 4. The van der Waals surface area contributed by atoms with E-state index in [9.17, 15) is 10.2 Å². The summed E-state index contributed by atoms with van der Waals surface area (Å²) in [5, 5.41) is 19.2. The van der Waals surface area contributed by atoms with Gasteiger partial charge in [0.05, 0.1) is 6.10 Å². The second kappa shape index (κ2) is 7.69. The zero-order valence-electron chi connectivity index (χ0n) is 10.7. The van der Waals surface area contributed by atoms with Crippen molar-refractivity contribution < 1.29 is 10.2 Å². The van der Waals surface area contributed by atoms with E-state index in [0.717, 1.165) is 12.0 Å². The van der Waals surface area contributed by atoms with Crippen molar-refractivity contribution in [3.63, 3.8) is 0 Å². The van der Waals surface area contributed by atoms with E-state index in [0.29, 0.717) is 17.6 Å². The largest absolute Gasteiger partial charge is 0.508 e. The minimum atomic E-state index is -0.596. The van der Waals surface area contributed by atoms with E-state index in [1.165, 1.54) is 6.08 Å². The number of aliphatic hydroxyl groups excluding tert-OH is 2. The summed E-state index contributed by atoms with van der Waals surface area (Å²) in [6.07, 6.45) is 5.37. The van der Waals surface area contributed by atoms with Crippen LogP contribution in [0.1, 0.15) is 26.7 Å². The Balaban J connectivity index is 4.48. The van der Waals surface area contributed by atoms with Crippen molar-refractivity contribution >= 4 is 0 Å². The van der Waals surface area contributed by atoms with Gasteiger partial charge in [-0.05, 0) is 42.2 Å². The zero-order chi connectivity index (χ0) is 13.4. The molecular weight excluding hydrogens is 212 g/mol. The predicted octanol–water partition coefficient (Wildman–Crippen LogP) is 3.83. The van der Waals surface area contributed by atoms with E-state index < -0.39 is 6.10 Å². The number of hydrogen-bond donors (Lipinski definition) is 2. The average molecular weight is 234 g/mol. The molecule has 0 heterocycles. The van der Waals surface area contributed by atoms with Crippen LogP contribution in [0.25, 0.3) is 0 Å². The Kier molecular flexibility index (Phi) is 6.99. The maximum atomic E-state index is 9.78. The van der Waals surface area contributed by atoms with Gasteiger partial charge in [0.25, 0.3) is 0 Å². The molecule has 0 aliphatic carbocycles. The van der Waals surface area contributed by atoms with Crippen LogP contribution in [-0.4, -0.2) is 16.3 Å². The third kappa shape index (κ3) is 5.93. The molecule has 0 aromatic carbocycles. The van der Waals surface area contributed by atoms with Crippen molar-refractivity contribution in [3.8, 4) is 0 Å². The molecule has 0 radical (unpaired) electrons. The van der Waals surface area contributed by atoms with Gasteiger partial charge >= 0.3 is 0 Å². The maximum absolute atomic E-state index is 9.78. The molecule has 17 heavy (non-hydrogen) atoms. The van der Waals surface area contributed by atoms with Crippen molar-refractivity contribution in [2.24, 2.45) is 0 Å². The van der Waals surface area contributed by atoms with Crippen LogP contribution in [0.4, 0.5) is 0 Å². The first-order valence-electron chi connectivity index (χ1n) is 5.68. The topological polar surface area (TPSA) is 40.5 Å². The molecule has 94 valence electrons. The fourth-order valence-electron chi connectivity index (χ4n) is 1.24. The standard InChI is InChI=1S/C15H22O2/c1-6-8-14(16)9-12(4)13(5)10-15(17)11(3)7-2/h6,8-9,15-17H,3-5,7,10H2,1-2H3/b8-6-,14-9+. The summed E-state index contributed by atoms with van der Waals surface area (Å²) in [5.41, 5.74) is 2.09. The minimum absolute atomic E-state index is 0.127. The van der Waals surface area contributed by atoms with E-state index >= 15 is 0 Å². The normalized spacial score (nSPS) is 13.7. The van der Waals surface area contributed by atoms with Gasteiger partial charge in [-0.1, -0.05) is 32.7 Å². The quantitative estimate of drug-likeness (QED) is 0.399. The minimum Gasteiger partial charge on any atom is -0.508 e. The van der Waals surface area contributed by atoms with Crippen molar-refractivity contribution in [1.82, 2.24) is 0 Å². The number of rotatable bonds is 7. The van der Waals surface area contributed by atoms with Crippen LogP contribution in [0.2, 0.25) is 0 Å². The molecule has 0 aromatic heterocycles. The lowest BCUT2D eigenvalue weighted by Crippen LogP contribution is -2.10. The lowest BCUT2D eigenvalue weighted by molar-refractivity contribution is 0.209. The second-order valence-electron chi connectivity index (χ2n) is 3.93. The molecule has 1 atom stereocenters. The summed E-state index contributed by atoms with van der Waals surface area (Å²) in [4.78, 5) is 0. The highest BCUT2D eigenvalue weighted by Crippen LogP contribution is 2.19. The molecular formula is C15H22O2. The molecule has 0 spiro atoms. The van der Waals surface area contributed by atoms with E-state index in [1.807, 2.05) is 13.8 Å². The smallest absolute Gasteiger partial charge is 0.115 e. The summed E-state index contributed by atoms with van der Waals surface area (Å²) < 4.78 is 0. The van der Waals surface area contributed by atoms with Crippen LogP contribution in [0.5, 0.6) is 0 Å². The third-order valence-corrected chi connectivity index (χ3v) is 2.48. The second-order valence-corrected chi connectivity index (χ2v) is 3.93. The lowest BCUT2D eigenvalue weighted by atomic mass is 9.97. The molecule has 1 unspecified atom stereocenters. The molecule has 0 saturated carbocycles. The van der Waals surface area contributed by atoms with Crippen LogP contribution in [0.15, 0.2) is 60.4 Å². The number of hydrogen-bond acceptors (Lipinski definition) is 2. The van der Waals surface area contributed by atoms with E-state index in [-0.39, 0.29) is 5.76 Å². The Bertz CT molecular complexity index is 359. The summed E-state index contributed by atoms with van der Waals surface area (Å²) in [6, 6.07) is 0. The highest BCUT2D eigenvalue weighted by molar-refractivity contribution is 5.39. The molecule has 2 heteroatoms. The van der Waals surface area contributed by atoms with E-state index in [4.69, 9.17) is 0 Å². The highest BCUT2D eigenvalue weighted by atomic mass is 16.3. The summed E-state index contributed by atoms with van der Waals surface area (Å²) >= 11 is 0. The molecule has 0 rings (SSSR count). The molecule has 0 bridgehead atoms. The Morgan fingerprint density at radius 2 is 1.88 bits per heavy atom. The number of aliphatic hydroxyl groups is 2. The summed E-state index contributed by atoms with van der Waals surface area (Å²) in [7, 11) is 0. The Hall–Kier alpha value is -1.54. The van der Waals surface area contributed by atoms with Crippen LogP contribution in [0, 0.1) is 0 Å². The molecule has 0 aliphatic rings. The fourth-order valence-corrected chi connectivity index (χ4v) is 1.24. The molecule has 0 saturated heterocycles. The van der Waals surface area contributed by atoms with Crippen molar-refractivity contribution in [3.05, 3.63) is 60.4 Å². The highest BCUT2D eigenvalue weighted by Gasteiger charge is 2.10. The van der Waals surface area contributed by atoms with Crippen molar-refractivity contribution in [2.45, 2.75) is 32.8 Å². The predicted molar refractivity (Wildman–Crippen MR) is 73.9 cm³/mol. The van der Waals surface area contributed by atoms with Gasteiger partial charge in [-0.3, -0.25) is 0 Å². The SMILES string of the molecule is C=C(/C=C(O)\C=C/C)C(=C)CC(O)C(=C)CC. The van der Waals surface area contributed by atoms with Crippen molar-refractivity contribution in [2.75, 3.05) is 0 Å². The van der Waals surface area contributed by atoms with Gasteiger partial charge in [0.1, 0.15) is 5.76 Å². The van der Waals surface area contributed by atoms with Crippen LogP contribution in [-0.2, 0) is 0 Å². The summed E-state index contributed by atoms with van der Waals surface area (Å²) in [5.74, 6) is 0.127. The van der Waals surface area contributed by atoms with Gasteiger partial charge < -0.3 is 10.2 Å². The van der Waals surface area contributed by atoms with Crippen LogP contribution < -0.4 is 0 Å². The van der Waals surface area contributed by atoms with Gasteiger partial charge in [0, 0.05) is 6.42 Å². The molecule has 0 aromatic rings. The fraction of sp³-hybridized carbons (Fsp3) is 0.333. The van der Waals surface area contributed by atoms with Crippen LogP contribution >= 0.6 is 0 Å². The van der Waals surface area contributed by atoms with E-state index in [2.05, 4.69) is 19.7 Å². The monoisotopic (exact) mass is 234 g/mol. The molecule has 2 nitrogen and oxygen atoms in total. The Labute approximate surface area is 104 Å². The van der Waals surface area contributed by atoms with Gasteiger partial charge in [0.2, 0.25) is 0 Å². The first kappa shape index (κ1) is 15.5. The maximum Gasteiger partial charge on any atom is 0.115 e. The lowest BCUT2D eigenvalue weighted by Gasteiger charge is -2.14. The van der Waals surface area contributed by atoms with Gasteiger partial charge in [-0.15, -0.1) is 0 Å². The molecule has 0 fully saturated rings. The Morgan fingerprint density at radius 3 is 2.35 bits per heavy atom. The van der Waals surface area contributed by atoms with Crippen LogP contribution in [0.3, 0.4) is 0 Å². The average Bonchev–Trinajstić information content (AvgIpc) is 2.27. The Morgan fingerprint density at radius 1 is 1.29 bits per heavy atom. The van der Waals surface area contributed by atoms with Crippen molar-refractivity contribution in [1.29, 1.82) is 0 Å². The molecule has 2 N–H and O–H groups in total.